The van der Waals surface area contributed by atoms with Crippen molar-refractivity contribution in [3.8, 4) is 0 Å². The van der Waals surface area contributed by atoms with Crippen molar-refractivity contribution in [1.29, 1.82) is 0 Å². The molecule has 0 aromatic heterocycles. The molecule has 0 bridgehead atoms. The summed E-state index contributed by atoms with van der Waals surface area (Å²) < 4.78 is 0. The molecular weight excluding hydrogens is 220 g/mol. The van der Waals surface area contributed by atoms with Crippen LogP contribution < -0.4 is 5.32 Å². The number of hydrogen-bond donors (Lipinski definition) is 2. The van der Waals surface area contributed by atoms with Crippen LogP contribution in [0.5, 0.6) is 0 Å². The summed E-state index contributed by atoms with van der Waals surface area (Å²) in [5.74, 6) is -0.660. The average molecular weight is 244 g/mol. The van der Waals surface area contributed by atoms with Crippen LogP contribution in [0.25, 0.3) is 0 Å². The topological polar surface area (TPSA) is 69.6 Å². The lowest BCUT2D eigenvalue weighted by atomic mass is 9.87. The number of carboxylic acids is 1. The number of carboxylic acid groups (broad SMARTS) is 1. The molecule has 0 aliphatic carbocycles. The van der Waals surface area contributed by atoms with E-state index >= 15 is 0 Å². The second-order valence-electron chi connectivity index (χ2n) is 5.86. The summed E-state index contributed by atoms with van der Waals surface area (Å²) in [4.78, 5) is 24.4. The van der Waals surface area contributed by atoms with E-state index in [-0.39, 0.29) is 6.03 Å². The lowest BCUT2D eigenvalue weighted by Crippen LogP contribution is -2.53. The van der Waals surface area contributed by atoms with Crippen LogP contribution in [0.1, 0.15) is 34.6 Å². The van der Waals surface area contributed by atoms with E-state index < -0.39 is 17.4 Å². The van der Waals surface area contributed by atoms with Crippen LogP contribution in [0.2, 0.25) is 0 Å². The van der Waals surface area contributed by atoms with Gasteiger partial charge in [-0.1, -0.05) is 34.6 Å². The Kier molecular flexibility index (Phi) is 5.45. The molecule has 0 aliphatic rings. The Balaban J connectivity index is 4.58. The molecule has 0 radical (unpaired) electrons. The highest BCUT2D eigenvalue weighted by Crippen LogP contribution is 2.19. The Morgan fingerprint density at radius 2 is 1.76 bits per heavy atom. The molecule has 5 heteroatoms. The van der Waals surface area contributed by atoms with Gasteiger partial charge in [0.05, 0.1) is 0 Å². The monoisotopic (exact) mass is 244 g/mol. The number of nitrogens with one attached hydrogen (secondary N) is 1. The van der Waals surface area contributed by atoms with Crippen LogP contribution in [0.4, 0.5) is 4.79 Å². The van der Waals surface area contributed by atoms with Crippen LogP contribution >= 0.6 is 0 Å². The zero-order valence-corrected chi connectivity index (χ0v) is 11.6. The van der Waals surface area contributed by atoms with Crippen molar-refractivity contribution in [3.05, 3.63) is 0 Å². The molecule has 2 N–H and O–H groups in total. The molecule has 0 saturated heterocycles. The van der Waals surface area contributed by atoms with Crippen molar-refractivity contribution in [1.82, 2.24) is 10.2 Å². The van der Waals surface area contributed by atoms with Crippen molar-refractivity contribution in [2.75, 3.05) is 13.6 Å². The zero-order chi connectivity index (χ0) is 13.8. The largest absolute Gasteiger partial charge is 0.480 e. The fraction of sp³-hybridized carbons (Fsp3) is 0.833. The third-order valence-corrected chi connectivity index (χ3v) is 2.37. The van der Waals surface area contributed by atoms with Crippen LogP contribution in [0.3, 0.4) is 0 Å². The Morgan fingerprint density at radius 3 is 2.06 bits per heavy atom. The van der Waals surface area contributed by atoms with Gasteiger partial charge in [0.15, 0.2) is 0 Å². The summed E-state index contributed by atoms with van der Waals surface area (Å²) in [6, 6.07) is -1.23. The Bertz CT molecular complexity index is 282. The fourth-order valence-electron chi connectivity index (χ4n) is 1.51. The van der Waals surface area contributed by atoms with Gasteiger partial charge in [-0.2, -0.15) is 0 Å². The first kappa shape index (κ1) is 15.7. The van der Waals surface area contributed by atoms with Gasteiger partial charge < -0.3 is 15.3 Å². The van der Waals surface area contributed by atoms with Crippen molar-refractivity contribution in [2.24, 2.45) is 11.3 Å². The quantitative estimate of drug-likeness (QED) is 0.792. The smallest absolute Gasteiger partial charge is 0.326 e. The number of carbonyl (C=O) groups excluding carboxylic acids is 1. The summed E-state index contributed by atoms with van der Waals surface area (Å²) in [5, 5.41) is 11.6. The number of aliphatic carboxylic acids is 1. The molecule has 17 heavy (non-hydrogen) atoms. The van der Waals surface area contributed by atoms with Gasteiger partial charge in [0.1, 0.15) is 6.04 Å². The average Bonchev–Trinajstić information content (AvgIpc) is 2.09. The minimum absolute atomic E-state index is 0.346. The molecule has 0 aromatic rings. The summed E-state index contributed by atoms with van der Waals surface area (Å²) in [6.45, 7) is 9.96. The Hall–Kier alpha value is -1.26. The van der Waals surface area contributed by atoms with Crippen LogP contribution in [0.15, 0.2) is 0 Å². The number of carbonyl (C=O) groups is 2. The molecule has 0 aliphatic heterocycles. The van der Waals surface area contributed by atoms with Crippen LogP contribution in [0, 0.1) is 11.3 Å². The molecule has 5 nitrogen and oxygen atoms in total. The third kappa shape index (κ3) is 5.56. The SMILES string of the molecule is CC(C)CN(C)C(=O)NC(C(=O)O)C(C)(C)C. The molecule has 0 saturated carbocycles. The summed E-state index contributed by atoms with van der Waals surface area (Å²) in [6.07, 6.45) is 0. The number of nitrogens with zero attached hydrogens (tertiary/aromatic N) is 1. The van der Waals surface area contributed by atoms with Gasteiger partial charge in [0.2, 0.25) is 0 Å². The van der Waals surface area contributed by atoms with Gasteiger partial charge in [-0.3, -0.25) is 0 Å². The molecule has 0 aromatic carbocycles. The molecule has 1 atom stereocenters. The molecule has 0 heterocycles. The first-order chi connectivity index (χ1) is 7.55. The second kappa shape index (κ2) is 5.89. The Labute approximate surface area is 103 Å². The van der Waals surface area contributed by atoms with Gasteiger partial charge in [-0.15, -0.1) is 0 Å². The molecule has 0 spiro atoms. The molecular formula is C12H24N2O3. The van der Waals surface area contributed by atoms with E-state index in [2.05, 4.69) is 5.32 Å². The standard InChI is InChI=1S/C12H24N2O3/c1-8(2)7-14(6)11(17)13-9(10(15)16)12(3,4)5/h8-9H,7H2,1-6H3,(H,13,17)(H,15,16). The maximum Gasteiger partial charge on any atom is 0.326 e. The molecule has 0 rings (SSSR count). The second-order valence-corrected chi connectivity index (χ2v) is 5.86. The highest BCUT2D eigenvalue weighted by Gasteiger charge is 2.33. The lowest BCUT2D eigenvalue weighted by Gasteiger charge is -2.30. The maximum atomic E-state index is 11.8. The van der Waals surface area contributed by atoms with E-state index in [0.29, 0.717) is 12.5 Å². The van der Waals surface area contributed by atoms with Gasteiger partial charge in [-0.05, 0) is 11.3 Å². The normalized spacial score (nSPS) is 13.4. The fourth-order valence-corrected chi connectivity index (χ4v) is 1.51. The first-order valence-electron chi connectivity index (χ1n) is 5.80. The van der Waals surface area contributed by atoms with E-state index in [9.17, 15) is 9.59 Å². The minimum Gasteiger partial charge on any atom is -0.480 e. The van der Waals surface area contributed by atoms with E-state index in [4.69, 9.17) is 5.11 Å². The van der Waals surface area contributed by atoms with Crippen LogP contribution in [-0.4, -0.2) is 41.6 Å². The number of amides is 2. The zero-order valence-electron chi connectivity index (χ0n) is 11.6. The number of hydrogen-bond acceptors (Lipinski definition) is 2. The minimum atomic E-state index is -1.01. The molecule has 1 unspecified atom stereocenters. The van der Waals surface area contributed by atoms with E-state index in [1.54, 1.807) is 27.8 Å². The van der Waals surface area contributed by atoms with Gasteiger partial charge in [0, 0.05) is 13.6 Å². The van der Waals surface area contributed by atoms with Crippen molar-refractivity contribution in [3.63, 3.8) is 0 Å². The predicted molar refractivity (Wildman–Crippen MR) is 66.9 cm³/mol. The van der Waals surface area contributed by atoms with E-state index in [1.807, 2.05) is 13.8 Å². The van der Waals surface area contributed by atoms with Crippen molar-refractivity contribution < 1.29 is 14.7 Å². The summed E-state index contributed by atoms with van der Waals surface area (Å²) in [7, 11) is 1.66. The lowest BCUT2D eigenvalue weighted by molar-refractivity contribution is -0.142. The van der Waals surface area contributed by atoms with Gasteiger partial charge in [0.25, 0.3) is 0 Å². The Morgan fingerprint density at radius 1 is 1.29 bits per heavy atom. The summed E-state index contributed by atoms with van der Waals surface area (Å²) >= 11 is 0. The maximum absolute atomic E-state index is 11.8. The first-order valence-corrected chi connectivity index (χ1v) is 5.80. The van der Waals surface area contributed by atoms with Gasteiger partial charge >= 0.3 is 12.0 Å². The highest BCUT2D eigenvalue weighted by molar-refractivity contribution is 5.83. The van der Waals surface area contributed by atoms with Gasteiger partial charge in [-0.25, -0.2) is 9.59 Å². The highest BCUT2D eigenvalue weighted by atomic mass is 16.4. The number of urea groups is 1. The number of rotatable bonds is 4. The molecule has 2 amide bonds. The molecule has 0 fully saturated rings. The van der Waals surface area contributed by atoms with Crippen LogP contribution in [-0.2, 0) is 4.79 Å². The van der Waals surface area contributed by atoms with E-state index in [0.717, 1.165) is 0 Å². The predicted octanol–water partition coefficient (Wildman–Crippen LogP) is 1.78. The van der Waals surface area contributed by atoms with Crippen molar-refractivity contribution >= 4 is 12.0 Å². The summed E-state index contributed by atoms with van der Waals surface area (Å²) in [5.41, 5.74) is -0.514. The van der Waals surface area contributed by atoms with E-state index in [1.165, 1.54) is 4.90 Å². The van der Waals surface area contributed by atoms with Crippen molar-refractivity contribution in [2.45, 2.75) is 40.7 Å². The third-order valence-electron chi connectivity index (χ3n) is 2.37. The molecule has 100 valence electrons.